The van der Waals surface area contributed by atoms with E-state index in [4.69, 9.17) is 6.57 Å². The largest absolute Gasteiger partial charge is 2.00 e. The molecule has 0 bridgehead atoms. The van der Waals surface area contributed by atoms with Gasteiger partial charge in [-0.1, -0.05) is 13.8 Å². The van der Waals surface area contributed by atoms with Crippen molar-refractivity contribution >= 4 is 28.7 Å². The van der Waals surface area contributed by atoms with Gasteiger partial charge in [-0.3, -0.25) is 5.47 Å². The molecule has 0 amide bonds. The van der Waals surface area contributed by atoms with Crippen molar-refractivity contribution in [1.82, 2.24) is 0 Å². The van der Waals surface area contributed by atoms with E-state index in [9.17, 15) is 39.5 Å². The molecule has 0 aliphatic heterocycles. The van der Waals surface area contributed by atoms with Crippen molar-refractivity contribution in [1.29, 1.82) is 0 Å². The first-order valence-electron chi connectivity index (χ1n) is 18.0. The van der Waals surface area contributed by atoms with E-state index in [2.05, 4.69) is 16.1 Å². The molecule has 2 saturated carbocycles. The van der Waals surface area contributed by atoms with Gasteiger partial charge >= 0.3 is 26.2 Å². The molecule has 3 aliphatic rings. The van der Waals surface area contributed by atoms with E-state index in [-0.39, 0.29) is 37.3 Å². The Labute approximate surface area is 376 Å². The maximum atomic E-state index is 15.7. The van der Waals surface area contributed by atoms with Gasteiger partial charge < -0.3 is 9.84 Å². The molecule has 0 aromatic heterocycles. The second-order valence-electron chi connectivity index (χ2n) is 15.5. The Morgan fingerprint density at radius 2 is 0.683 bits per heavy atom. The minimum Gasteiger partial charge on any atom is -0.390 e. The molecule has 332 valence electrons. The molecule has 3 aliphatic carbocycles. The van der Waals surface area contributed by atoms with E-state index in [0.717, 1.165) is 13.8 Å². The van der Waals surface area contributed by atoms with Gasteiger partial charge in [0.25, 0.3) is 0 Å². The summed E-state index contributed by atoms with van der Waals surface area (Å²) in [6, 6.07) is 0. The molecule has 0 unspecified atom stereocenters. The third kappa shape index (κ3) is 11.7. The Balaban J connectivity index is 0.000000670. The summed E-state index contributed by atoms with van der Waals surface area (Å²) in [5.41, 5.74) is -12.1. The molecule has 0 saturated heterocycles. The Hall–Kier alpha value is -3.80. The monoisotopic (exact) mass is 976 g/mol. The first-order chi connectivity index (χ1) is 28.6. The molecule has 0 atom stereocenters. The van der Waals surface area contributed by atoms with Crippen molar-refractivity contribution in [3.8, 4) is 0 Å². The molecule has 63 heavy (non-hydrogen) atoms. The van der Waals surface area contributed by atoms with Crippen molar-refractivity contribution in [2.75, 3.05) is 0 Å². The zero-order valence-corrected chi connectivity index (χ0v) is 36.9. The van der Waals surface area contributed by atoms with Crippen LogP contribution in [0.5, 0.6) is 0 Å². The van der Waals surface area contributed by atoms with Crippen LogP contribution in [0, 0.1) is 158 Å². The van der Waals surface area contributed by atoms with Crippen LogP contribution in [-0.2, 0) is 26.2 Å². The number of rotatable bonds is 5. The molecule has 0 heterocycles. The van der Waals surface area contributed by atoms with Gasteiger partial charge in [0.1, 0.15) is 41.0 Å². The van der Waals surface area contributed by atoms with Crippen LogP contribution in [0.3, 0.4) is 0 Å². The van der Waals surface area contributed by atoms with Crippen LogP contribution >= 0.6 is 0 Å². The van der Waals surface area contributed by atoms with Crippen molar-refractivity contribution in [2.45, 2.75) is 66.5 Å². The second kappa shape index (κ2) is 21.9. The molecule has 19 heteroatoms. The summed E-state index contributed by atoms with van der Waals surface area (Å²) < 4.78 is 225. The summed E-state index contributed by atoms with van der Waals surface area (Å²) in [5.74, 6) is -45.6. The Morgan fingerprint density at radius 1 is 0.476 bits per heavy atom. The number of halogens is 15. The first-order valence-corrected chi connectivity index (χ1v) is 18.0. The Kier molecular flexibility index (Phi) is 19.3. The molecule has 2 fully saturated rings. The van der Waals surface area contributed by atoms with Crippen LogP contribution in [0.25, 0.3) is 4.85 Å². The normalized spacial score (nSPS) is 15.8. The fraction of sp³-hybridized carbons (Fsp3) is 0.227. The quantitative estimate of drug-likeness (QED) is 0.0605. The van der Waals surface area contributed by atoms with Crippen molar-refractivity contribution in [3.63, 3.8) is 0 Å². The van der Waals surface area contributed by atoms with E-state index in [1.165, 1.54) is 20.8 Å². The molecule has 0 N–H and O–H groups in total. The van der Waals surface area contributed by atoms with Gasteiger partial charge in [-0.05, 0) is 85.0 Å². The van der Waals surface area contributed by atoms with Crippen molar-refractivity contribution in [2.24, 2.45) is 4.99 Å². The zero-order valence-electron chi connectivity index (χ0n) is 34.4. The van der Waals surface area contributed by atoms with E-state index in [1.54, 1.807) is 0 Å². The van der Waals surface area contributed by atoms with Crippen LogP contribution in [0.4, 0.5) is 65.9 Å². The summed E-state index contributed by atoms with van der Waals surface area (Å²) in [6.07, 6.45) is 16.6. The molecule has 3 aromatic rings. The van der Waals surface area contributed by atoms with E-state index in [1.807, 2.05) is 85.0 Å². The topological polar surface area (TPSA) is 16.7 Å². The van der Waals surface area contributed by atoms with Crippen LogP contribution in [0.1, 0.15) is 55.4 Å². The minimum absolute atomic E-state index is 0. The maximum absolute atomic E-state index is 15.7. The molecule has 6 rings (SSSR count). The maximum Gasteiger partial charge on any atom is 2.00 e. The molecular weight excluding hydrogens is 944 g/mol. The summed E-state index contributed by atoms with van der Waals surface area (Å²) in [5, 5.41) is 0. The van der Waals surface area contributed by atoms with Gasteiger partial charge in [-0.15, -0.1) is 22.6 Å². The number of nitrogens with zero attached hydrogens (tertiary/aromatic N) is 2. The predicted octanol–water partition coefficient (Wildman–Crippen LogP) is 10.9. The average Bonchev–Trinajstić information content (AvgIpc) is 3.71. The van der Waals surface area contributed by atoms with Crippen LogP contribution < -0.4 is 16.4 Å². The smallest absolute Gasteiger partial charge is 0.390 e. The van der Waals surface area contributed by atoms with Gasteiger partial charge in [0.2, 0.25) is 5.54 Å². The van der Waals surface area contributed by atoms with Crippen LogP contribution in [-0.4, -0.2) is 23.4 Å². The summed E-state index contributed by atoms with van der Waals surface area (Å²) in [4.78, 5) is 7.20. The Bertz CT molecular complexity index is 2050. The third-order valence-electron chi connectivity index (χ3n) is 8.83. The molecule has 3 aromatic carbocycles. The summed E-state index contributed by atoms with van der Waals surface area (Å²) in [7, 11) is 0. The van der Waals surface area contributed by atoms with Gasteiger partial charge in [-0.25, -0.2) is 83.6 Å². The fourth-order valence-corrected chi connectivity index (χ4v) is 6.15. The molecular formula is C44H34BF15N2Zr. The molecule has 0 spiro atoms. The SMILES string of the molecule is CC1=C([B-](c2c(F)c(F)c(F)c(F)c2F)(c2c(F)c(F)c(F)c(F)c2F)c2c(F)c(F)c(F)c(F)c2F)C/1=C(\C)[C-]=NC(C)(C)C.[C-]#[N+]C(C)(C)C.[CH]1[CH][CH][CH][CH]1.[CH]1[CH][CH][CH][CH]1.[Zr+2]. The summed E-state index contributed by atoms with van der Waals surface area (Å²) in [6.45, 7) is 18.5. The van der Waals surface area contributed by atoms with E-state index >= 15 is 26.3 Å². The van der Waals surface area contributed by atoms with Gasteiger partial charge in [-0.2, -0.15) is 5.57 Å². The zero-order chi connectivity index (χ0) is 47.4. The van der Waals surface area contributed by atoms with Gasteiger partial charge in [0.05, 0.1) is 0 Å². The van der Waals surface area contributed by atoms with Gasteiger partial charge in [0, 0.05) is 26.3 Å². The standard InChI is InChI=1S/C29H15BF15N.C5H9N.2C5H5.Zr/c1-7(6-46-29(3,4)5)9-8(2)10(9)30(11-14(31)20(37)26(43)21(38)15(11)32,12-16(33)22(39)27(44)23(40)17(12)34)13-18(35)24(41)28(45)25(42)19(13)36;1-5(2,3)6-4;2*1-2-4-5-3-1;/h1-5H3;1-3H3;2*1-5H;/q-2;;;;+2/b9-7+;;;;. The van der Waals surface area contributed by atoms with E-state index in [0.29, 0.717) is 0 Å². The van der Waals surface area contributed by atoms with Gasteiger partial charge in [0.15, 0.2) is 52.4 Å². The fourth-order valence-electron chi connectivity index (χ4n) is 6.15. The Morgan fingerprint density at radius 3 is 0.873 bits per heavy atom. The predicted molar refractivity (Wildman–Crippen MR) is 205 cm³/mol. The van der Waals surface area contributed by atoms with Crippen molar-refractivity contribution in [3.05, 3.63) is 185 Å². The summed E-state index contributed by atoms with van der Waals surface area (Å²) >= 11 is 0. The van der Waals surface area contributed by atoms with E-state index < -0.39 is 132 Å². The third-order valence-corrected chi connectivity index (χ3v) is 8.83. The number of hydrogen-bond acceptors (Lipinski definition) is 1. The number of benzene rings is 3. The van der Waals surface area contributed by atoms with Crippen molar-refractivity contribution < 1.29 is 92.1 Å². The minimum atomic E-state index is -5.79. The molecule has 10 radical (unpaired) electrons. The number of hydrogen-bond donors (Lipinski definition) is 0. The molecule has 2 nitrogen and oxygen atoms in total. The van der Waals surface area contributed by atoms with Crippen LogP contribution in [0.2, 0.25) is 0 Å². The number of allylic oxidation sites excluding steroid dienone is 4. The number of aliphatic imine (C=N–C) groups is 1. The average molecular weight is 978 g/mol. The second-order valence-corrected chi connectivity index (χ2v) is 15.5. The van der Waals surface area contributed by atoms with Crippen LogP contribution in [0.15, 0.2) is 27.2 Å². The first kappa shape index (κ1) is 55.3.